The second-order valence-electron chi connectivity index (χ2n) is 4.68. The highest BCUT2D eigenvalue weighted by molar-refractivity contribution is 7.91. The molecule has 1 unspecified atom stereocenters. The van der Waals surface area contributed by atoms with E-state index in [1.54, 1.807) is 0 Å². The van der Waals surface area contributed by atoms with Crippen molar-refractivity contribution in [3.8, 4) is 0 Å². The topological polar surface area (TPSA) is 76.1 Å². The average molecular weight is 288 g/mol. The number of nitrogens with zero attached hydrogens (tertiary/aromatic N) is 1. The highest BCUT2D eigenvalue weighted by Crippen LogP contribution is 2.24. The number of aryl methyl sites for hydroxylation is 2. The zero-order chi connectivity index (χ0) is 13.3. The number of aromatic nitrogens is 1. The number of hydrogen-bond acceptors (Lipinski definition) is 5. The van der Waals surface area contributed by atoms with Crippen LogP contribution in [-0.4, -0.2) is 30.8 Å². The lowest BCUT2D eigenvalue weighted by Crippen LogP contribution is -2.17. The first-order chi connectivity index (χ1) is 8.35. The highest BCUT2D eigenvalue weighted by Gasteiger charge is 2.29. The van der Waals surface area contributed by atoms with Gasteiger partial charge in [-0.15, -0.1) is 11.3 Å². The van der Waals surface area contributed by atoms with E-state index < -0.39 is 9.84 Å². The normalized spacial score (nSPS) is 22.0. The fourth-order valence-electron chi connectivity index (χ4n) is 1.99. The molecule has 0 spiro atoms. The summed E-state index contributed by atoms with van der Waals surface area (Å²) >= 11 is 1.44. The van der Waals surface area contributed by atoms with Crippen molar-refractivity contribution < 1.29 is 13.2 Å². The molecule has 7 heteroatoms. The maximum atomic E-state index is 11.8. The van der Waals surface area contributed by atoms with Crippen molar-refractivity contribution in [2.24, 2.45) is 5.92 Å². The standard InChI is InChI=1S/C11H16N2O3S2/c1-7-8(2)17-11(12-7)13-10(14)5-9-3-4-18(15,16)6-9/h9H,3-6H2,1-2H3,(H,12,13,14). The number of anilines is 1. The smallest absolute Gasteiger partial charge is 0.226 e. The van der Waals surface area contributed by atoms with Crippen LogP contribution in [0.2, 0.25) is 0 Å². The molecule has 1 fully saturated rings. The van der Waals surface area contributed by atoms with Gasteiger partial charge in [-0.1, -0.05) is 0 Å². The van der Waals surface area contributed by atoms with Crippen LogP contribution in [0.1, 0.15) is 23.4 Å². The van der Waals surface area contributed by atoms with Gasteiger partial charge in [-0.2, -0.15) is 0 Å². The minimum Gasteiger partial charge on any atom is -0.302 e. The lowest BCUT2D eigenvalue weighted by Gasteiger charge is -2.06. The van der Waals surface area contributed by atoms with Crippen LogP contribution in [0.3, 0.4) is 0 Å². The largest absolute Gasteiger partial charge is 0.302 e. The third-order valence-electron chi connectivity index (χ3n) is 3.08. The lowest BCUT2D eigenvalue weighted by atomic mass is 10.1. The van der Waals surface area contributed by atoms with E-state index in [0.29, 0.717) is 11.6 Å². The summed E-state index contributed by atoms with van der Waals surface area (Å²) in [7, 11) is -2.91. The Morgan fingerprint density at radius 2 is 2.22 bits per heavy atom. The molecule has 0 aromatic carbocycles. The minimum absolute atomic E-state index is 0.0443. The number of carbonyl (C=O) groups is 1. The molecule has 2 rings (SSSR count). The van der Waals surface area contributed by atoms with Crippen molar-refractivity contribution in [2.75, 3.05) is 16.8 Å². The summed E-state index contributed by atoms with van der Waals surface area (Å²) in [5.41, 5.74) is 0.916. The van der Waals surface area contributed by atoms with Gasteiger partial charge in [0.25, 0.3) is 0 Å². The Kier molecular flexibility index (Phi) is 3.72. The van der Waals surface area contributed by atoms with Crippen molar-refractivity contribution >= 4 is 32.2 Å². The molecule has 1 N–H and O–H groups in total. The third-order valence-corrected chi connectivity index (χ3v) is 5.90. The second-order valence-corrected chi connectivity index (χ2v) is 8.11. The second kappa shape index (κ2) is 4.97. The summed E-state index contributed by atoms with van der Waals surface area (Å²) < 4.78 is 22.6. The molecule has 5 nitrogen and oxygen atoms in total. The monoisotopic (exact) mass is 288 g/mol. The van der Waals surface area contributed by atoms with E-state index >= 15 is 0 Å². The summed E-state index contributed by atoms with van der Waals surface area (Å²) in [5, 5.41) is 3.32. The SMILES string of the molecule is Cc1nc(NC(=O)CC2CCS(=O)(=O)C2)sc1C. The van der Waals surface area contributed by atoms with Gasteiger partial charge in [-0.05, 0) is 26.2 Å². The number of amides is 1. The van der Waals surface area contributed by atoms with E-state index in [4.69, 9.17) is 0 Å². The van der Waals surface area contributed by atoms with Gasteiger partial charge in [0.2, 0.25) is 5.91 Å². The van der Waals surface area contributed by atoms with Gasteiger partial charge in [0.05, 0.1) is 17.2 Å². The fourth-order valence-corrected chi connectivity index (χ4v) is 4.68. The Balaban J connectivity index is 1.90. The zero-order valence-electron chi connectivity index (χ0n) is 10.4. The molecule has 1 amide bonds. The fraction of sp³-hybridized carbons (Fsp3) is 0.636. The minimum atomic E-state index is -2.91. The molecule has 0 radical (unpaired) electrons. The quantitative estimate of drug-likeness (QED) is 0.915. The Hall–Kier alpha value is -0.950. The van der Waals surface area contributed by atoms with E-state index in [0.717, 1.165) is 10.6 Å². The van der Waals surface area contributed by atoms with Crippen molar-refractivity contribution in [3.63, 3.8) is 0 Å². The number of hydrogen-bond donors (Lipinski definition) is 1. The molecule has 18 heavy (non-hydrogen) atoms. The first-order valence-corrected chi connectivity index (χ1v) is 8.44. The molecular formula is C11H16N2O3S2. The first kappa shape index (κ1) is 13.5. The molecule has 0 aliphatic carbocycles. The van der Waals surface area contributed by atoms with Crippen LogP contribution < -0.4 is 5.32 Å². The Labute approximate surface area is 111 Å². The van der Waals surface area contributed by atoms with Crippen LogP contribution in [0.4, 0.5) is 5.13 Å². The highest BCUT2D eigenvalue weighted by atomic mass is 32.2. The van der Waals surface area contributed by atoms with Crippen LogP contribution >= 0.6 is 11.3 Å². The summed E-state index contributed by atoms with van der Waals surface area (Å²) in [4.78, 5) is 17.1. The number of thiazole rings is 1. The molecule has 0 bridgehead atoms. The van der Waals surface area contributed by atoms with E-state index in [-0.39, 0.29) is 29.8 Å². The summed E-state index contributed by atoms with van der Waals surface area (Å²) in [6.07, 6.45) is 0.850. The van der Waals surface area contributed by atoms with E-state index in [2.05, 4.69) is 10.3 Å². The molecular weight excluding hydrogens is 272 g/mol. The van der Waals surface area contributed by atoms with Gasteiger partial charge >= 0.3 is 0 Å². The van der Waals surface area contributed by atoms with Gasteiger partial charge in [-0.3, -0.25) is 4.79 Å². The Bertz CT molecular complexity index is 543. The maximum absolute atomic E-state index is 11.8. The average Bonchev–Trinajstić information content (AvgIpc) is 2.71. The molecule has 1 aromatic rings. The number of nitrogens with one attached hydrogen (secondary N) is 1. The molecule has 100 valence electrons. The molecule has 1 saturated heterocycles. The Morgan fingerprint density at radius 1 is 1.50 bits per heavy atom. The molecule has 1 aromatic heterocycles. The maximum Gasteiger partial charge on any atom is 0.226 e. The molecule has 1 aliphatic rings. The van der Waals surface area contributed by atoms with Crippen LogP contribution in [-0.2, 0) is 14.6 Å². The third kappa shape index (κ3) is 3.29. The predicted molar refractivity (Wildman–Crippen MR) is 71.6 cm³/mol. The van der Waals surface area contributed by atoms with E-state index in [9.17, 15) is 13.2 Å². The molecule has 2 heterocycles. The van der Waals surface area contributed by atoms with Crippen molar-refractivity contribution in [1.82, 2.24) is 4.98 Å². The van der Waals surface area contributed by atoms with Crippen LogP contribution in [0.25, 0.3) is 0 Å². The van der Waals surface area contributed by atoms with Crippen LogP contribution in [0.15, 0.2) is 0 Å². The first-order valence-electron chi connectivity index (χ1n) is 5.80. The van der Waals surface area contributed by atoms with Gasteiger partial charge < -0.3 is 5.32 Å². The summed E-state index contributed by atoms with van der Waals surface area (Å²) in [6, 6.07) is 0. The van der Waals surface area contributed by atoms with Crippen LogP contribution in [0.5, 0.6) is 0 Å². The van der Waals surface area contributed by atoms with Crippen molar-refractivity contribution in [3.05, 3.63) is 10.6 Å². The predicted octanol–water partition coefficient (Wildman–Crippen LogP) is 1.52. The van der Waals surface area contributed by atoms with Crippen molar-refractivity contribution in [1.29, 1.82) is 0 Å². The molecule has 1 atom stereocenters. The molecule has 1 aliphatic heterocycles. The number of rotatable bonds is 3. The Morgan fingerprint density at radius 3 is 2.72 bits per heavy atom. The number of carbonyl (C=O) groups excluding carboxylic acids is 1. The van der Waals surface area contributed by atoms with Crippen molar-refractivity contribution in [2.45, 2.75) is 26.7 Å². The van der Waals surface area contributed by atoms with E-state index in [1.807, 2.05) is 13.8 Å². The van der Waals surface area contributed by atoms with Gasteiger partial charge in [0, 0.05) is 11.3 Å². The number of sulfone groups is 1. The summed E-state index contributed by atoms with van der Waals surface area (Å²) in [6.45, 7) is 3.84. The van der Waals surface area contributed by atoms with Crippen LogP contribution in [0, 0.1) is 19.8 Å². The van der Waals surface area contributed by atoms with Gasteiger partial charge in [0.15, 0.2) is 15.0 Å². The van der Waals surface area contributed by atoms with Gasteiger partial charge in [-0.25, -0.2) is 13.4 Å². The lowest BCUT2D eigenvalue weighted by molar-refractivity contribution is -0.116. The zero-order valence-corrected chi connectivity index (χ0v) is 12.0. The van der Waals surface area contributed by atoms with Gasteiger partial charge in [0.1, 0.15) is 0 Å². The summed E-state index contributed by atoms with van der Waals surface area (Å²) in [5.74, 6) is 0.152. The molecule has 0 saturated carbocycles. The van der Waals surface area contributed by atoms with E-state index in [1.165, 1.54) is 11.3 Å².